The molecule has 1 aromatic heterocycles. The van der Waals surface area contributed by atoms with Crippen molar-refractivity contribution >= 4 is 15.9 Å². The molecule has 0 amide bonds. The number of nitrogens with zero attached hydrogens (tertiary/aromatic N) is 3. The van der Waals surface area contributed by atoms with Crippen LogP contribution in [0.4, 0.5) is 0 Å². The van der Waals surface area contributed by atoms with Crippen LogP contribution in [0, 0.1) is 12.8 Å². The molecule has 1 atom stereocenters. The van der Waals surface area contributed by atoms with Crippen molar-refractivity contribution in [3.05, 3.63) is 11.6 Å². The first kappa shape index (κ1) is 7.28. The fraction of sp³-hybridized carbons (Fsp3) is 0.714. The molecule has 1 aliphatic heterocycles. The summed E-state index contributed by atoms with van der Waals surface area (Å²) in [5, 5.41) is 9.16. The fourth-order valence-electron chi connectivity index (χ4n) is 1.50. The van der Waals surface area contributed by atoms with Gasteiger partial charge < -0.3 is 4.57 Å². The van der Waals surface area contributed by atoms with E-state index in [1.165, 1.54) is 0 Å². The number of rotatable bonds is 1. The average molecular weight is 216 g/mol. The van der Waals surface area contributed by atoms with Crippen molar-refractivity contribution in [1.82, 2.24) is 14.8 Å². The van der Waals surface area contributed by atoms with Gasteiger partial charge in [0, 0.05) is 18.3 Å². The Morgan fingerprint density at radius 3 is 3.09 bits per heavy atom. The van der Waals surface area contributed by atoms with E-state index in [4.69, 9.17) is 0 Å². The van der Waals surface area contributed by atoms with Crippen molar-refractivity contribution in [2.24, 2.45) is 5.92 Å². The van der Waals surface area contributed by atoms with Crippen molar-refractivity contribution in [3.8, 4) is 0 Å². The Balaban J connectivity index is 2.27. The Hall–Kier alpha value is -0.380. The van der Waals surface area contributed by atoms with Crippen LogP contribution >= 0.6 is 15.9 Å². The summed E-state index contributed by atoms with van der Waals surface area (Å²) in [6.07, 6.45) is 1.08. The first-order chi connectivity index (χ1) is 5.31. The molecule has 4 heteroatoms. The maximum atomic E-state index is 4.09. The quantitative estimate of drug-likeness (QED) is 0.659. The van der Waals surface area contributed by atoms with Gasteiger partial charge in [-0.05, 0) is 12.8 Å². The topological polar surface area (TPSA) is 30.7 Å². The Morgan fingerprint density at radius 1 is 1.64 bits per heavy atom. The van der Waals surface area contributed by atoms with E-state index >= 15 is 0 Å². The predicted molar refractivity (Wildman–Crippen MR) is 45.7 cm³/mol. The monoisotopic (exact) mass is 215 g/mol. The van der Waals surface area contributed by atoms with Gasteiger partial charge in [-0.1, -0.05) is 15.9 Å². The number of halogens is 1. The summed E-state index contributed by atoms with van der Waals surface area (Å²) in [6, 6.07) is 0. The zero-order valence-electron chi connectivity index (χ0n) is 6.42. The van der Waals surface area contributed by atoms with Crippen molar-refractivity contribution < 1.29 is 0 Å². The molecule has 1 unspecified atom stereocenters. The van der Waals surface area contributed by atoms with Gasteiger partial charge in [-0.3, -0.25) is 0 Å². The SMILES string of the molecule is Cc1nnc2n1CC(CBr)C2. The van der Waals surface area contributed by atoms with Gasteiger partial charge >= 0.3 is 0 Å². The normalized spacial score (nSPS) is 22.2. The lowest BCUT2D eigenvalue weighted by molar-refractivity contribution is 0.562. The number of alkyl halides is 1. The zero-order chi connectivity index (χ0) is 7.84. The van der Waals surface area contributed by atoms with Crippen LogP contribution in [-0.4, -0.2) is 20.1 Å². The lowest BCUT2D eigenvalue weighted by atomic mass is 10.1. The van der Waals surface area contributed by atoms with Gasteiger partial charge in [0.25, 0.3) is 0 Å². The second-order valence-electron chi connectivity index (χ2n) is 3.00. The summed E-state index contributed by atoms with van der Waals surface area (Å²) in [5.41, 5.74) is 0. The largest absolute Gasteiger partial charge is 0.315 e. The van der Waals surface area contributed by atoms with Gasteiger partial charge in [-0.15, -0.1) is 10.2 Å². The molecule has 0 radical (unpaired) electrons. The number of hydrogen-bond acceptors (Lipinski definition) is 2. The summed E-state index contributed by atoms with van der Waals surface area (Å²) in [6.45, 7) is 3.09. The first-order valence-electron chi connectivity index (χ1n) is 3.76. The van der Waals surface area contributed by atoms with E-state index in [0.29, 0.717) is 0 Å². The highest BCUT2D eigenvalue weighted by atomic mass is 79.9. The number of fused-ring (bicyclic) bond motifs is 1. The summed E-state index contributed by atoms with van der Waals surface area (Å²) < 4.78 is 2.20. The van der Waals surface area contributed by atoms with Gasteiger partial charge in [0.2, 0.25) is 0 Å². The van der Waals surface area contributed by atoms with Crippen LogP contribution in [0.25, 0.3) is 0 Å². The Bertz CT molecular complexity index is 269. The van der Waals surface area contributed by atoms with E-state index in [1.54, 1.807) is 0 Å². The van der Waals surface area contributed by atoms with Crippen LogP contribution in [0.2, 0.25) is 0 Å². The molecule has 0 aliphatic carbocycles. The summed E-state index contributed by atoms with van der Waals surface area (Å²) in [7, 11) is 0. The van der Waals surface area contributed by atoms with E-state index in [9.17, 15) is 0 Å². The molecule has 2 rings (SSSR count). The molecule has 3 nitrogen and oxygen atoms in total. The molecule has 0 bridgehead atoms. The molecular formula is C7H10BrN3. The Labute approximate surface area is 73.9 Å². The molecule has 0 spiro atoms. The average Bonchev–Trinajstić information content (AvgIpc) is 2.53. The maximum absolute atomic E-state index is 4.09. The maximum Gasteiger partial charge on any atom is 0.133 e. The van der Waals surface area contributed by atoms with Gasteiger partial charge in [0.05, 0.1) is 0 Å². The van der Waals surface area contributed by atoms with Crippen molar-refractivity contribution in [2.45, 2.75) is 19.9 Å². The van der Waals surface area contributed by atoms with Gasteiger partial charge in [-0.2, -0.15) is 0 Å². The van der Waals surface area contributed by atoms with Gasteiger partial charge in [0.15, 0.2) is 0 Å². The third kappa shape index (κ3) is 1.09. The molecule has 0 saturated carbocycles. The van der Waals surface area contributed by atoms with E-state index in [-0.39, 0.29) is 0 Å². The first-order valence-corrected chi connectivity index (χ1v) is 4.88. The van der Waals surface area contributed by atoms with E-state index in [0.717, 1.165) is 35.9 Å². The summed E-state index contributed by atoms with van der Waals surface area (Å²) >= 11 is 3.48. The number of aryl methyl sites for hydroxylation is 1. The molecular weight excluding hydrogens is 206 g/mol. The lowest BCUT2D eigenvalue weighted by Crippen LogP contribution is -2.04. The highest BCUT2D eigenvalue weighted by molar-refractivity contribution is 9.09. The summed E-state index contributed by atoms with van der Waals surface area (Å²) in [4.78, 5) is 0. The molecule has 11 heavy (non-hydrogen) atoms. The molecule has 1 aromatic rings. The lowest BCUT2D eigenvalue weighted by Gasteiger charge is -2.01. The third-order valence-corrected chi connectivity index (χ3v) is 3.06. The molecule has 2 heterocycles. The van der Waals surface area contributed by atoms with Crippen molar-refractivity contribution in [2.75, 3.05) is 5.33 Å². The van der Waals surface area contributed by atoms with Crippen LogP contribution in [0.15, 0.2) is 0 Å². The number of aromatic nitrogens is 3. The molecule has 0 N–H and O–H groups in total. The van der Waals surface area contributed by atoms with E-state index in [1.807, 2.05) is 6.92 Å². The number of hydrogen-bond donors (Lipinski definition) is 0. The predicted octanol–water partition coefficient (Wildman–Crippen LogP) is 1.15. The van der Waals surface area contributed by atoms with Crippen molar-refractivity contribution in [1.29, 1.82) is 0 Å². The molecule has 1 aliphatic rings. The Kier molecular flexibility index (Phi) is 1.71. The smallest absolute Gasteiger partial charge is 0.133 e. The highest BCUT2D eigenvalue weighted by Crippen LogP contribution is 2.21. The second kappa shape index (κ2) is 2.59. The summed E-state index contributed by atoms with van der Waals surface area (Å²) in [5.74, 6) is 2.91. The standard InChI is InChI=1S/C7H10BrN3/c1-5-9-10-7-2-6(3-8)4-11(5)7/h6H,2-4H2,1H3. The van der Waals surface area contributed by atoms with Crippen LogP contribution in [0.1, 0.15) is 11.6 Å². The fourth-order valence-corrected chi connectivity index (χ4v) is 1.93. The minimum absolute atomic E-state index is 0.721. The minimum atomic E-state index is 0.721. The molecule has 0 aromatic carbocycles. The molecule has 60 valence electrons. The molecule has 0 saturated heterocycles. The third-order valence-electron chi connectivity index (χ3n) is 2.14. The van der Waals surface area contributed by atoms with Crippen molar-refractivity contribution in [3.63, 3.8) is 0 Å². The second-order valence-corrected chi connectivity index (χ2v) is 3.65. The van der Waals surface area contributed by atoms with Crippen LogP contribution in [0.3, 0.4) is 0 Å². The van der Waals surface area contributed by atoms with Crippen LogP contribution < -0.4 is 0 Å². The zero-order valence-corrected chi connectivity index (χ0v) is 8.00. The van der Waals surface area contributed by atoms with E-state index in [2.05, 4.69) is 30.7 Å². The molecule has 0 fully saturated rings. The van der Waals surface area contributed by atoms with Crippen LogP contribution in [0.5, 0.6) is 0 Å². The highest BCUT2D eigenvalue weighted by Gasteiger charge is 2.23. The van der Waals surface area contributed by atoms with Gasteiger partial charge in [-0.25, -0.2) is 0 Å². The van der Waals surface area contributed by atoms with Crippen LogP contribution in [-0.2, 0) is 13.0 Å². The van der Waals surface area contributed by atoms with E-state index < -0.39 is 0 Å². The minimum Gasteiger partial charge on any atom is -0.315 e. The Morgan fingerprint density at radius 2 is 2.45 bits per heavy atom. The van der Waals surface area contributed by atoms with Gasteiger partial charge in [0.1, 0.15) is 11.6 Å².